The van der Waals surface area contributed by atoms with Crippen LogP contribution in [0.5, 0.6) is 5.75 Å². The van der Waals surface area contributed by atoms with Gasteiger partial charge in [-0.05, 0) is 61.8 Å². The normalized spacial score (nSPS) is 36.5. The van der Waals surface area contributed by atoms with Gasteiger partial charge in [0, 0.05) is 29.9 Å². The highest BCUT2D eigenvalue weighted by Gasteiger charge is 2.61. The van der Waals surface area contributed by atoms with E-state index in [-0.39, 0.29) is 46.5 Å². The van der Waals surface area contributed by atoms with Crippen molar-refractivity contribution >= 4 is 11.8 Å². The van der Waals surface area contributed by atoms with Crippen molar-refractivity contribution in [2.45, 2.75) is 96.7 Å². The van der Waals surface area contributed by atoms with Crippen LogP contribution in [0.3, 0.4) is 0 Å². The minimum absolute atomic E-state index is 0.0352. The lowest BCUT2D eigenvalue weighted by molar-refractivity contribution is -0.306. The molecule has 8 nitrogen and oxygen atoms in total. The van der Waals surface area contributed by atoms with Gasteiger partial charge in [0.05, 0.1) is 32.5 Å². The fourth-order valence-electron chi connectivity index (χ4n) is 8.22. The second kappa shape index (κ2) is 11.8. The SMILES string of the molecule is COc1ccccc1CNC(=O)CC1C(O)CCC2C3(C)COC(CNC(=O)C4CCCC4)OC3CCC12C. The molecule has 3 saturated carbocycles. The van der Waals surface area contributed by atoms with Crippen LogP contribution in [0.4, 0.5) is 0 Å². The first-order valence-corrected chi connectivity index (χ1v) is 14.9. The highest BCUT2D eigenvalue weighted by atomic mass is 16.7. The zero-order valence-corrected chi connectivity index (χ0v) is 23.7. The standard InChI is InChI=1S/C31H46N2O6/c1-30-15-14-26-31(2,19-38-28(39-26)18-33-29(36)20-8-4-5-9-20)25(30)13-12-23(34)22(30)16-27(35)32-17-21-10-6-7-11-24(21)37-3/h6-7,10-11,20,22-23,25-26,28,34H,4-5,8-9,12-19H2,1-3H3,(H,32,35)(H,33,36). The van der Waals surface area contributed by atoms with Gasteiger partial charge in [-0.2, -0.15) is 0 Å². The van der Waals surface area contributed by atoms with Gasteiger partial charge in [-0.1, -0.05) is 44.9 Å². The van der Waals surface area contributed by atoms with Crippen LogP contribution in [-0.4, -0.2) is 55.7 Å². The first-order chi connectivity index (χ1) is 18.7. The van der Waals surface area contributed by atoms with E-state index < -0.39 is 12.4 Å². The molecule has 0 aromatic heterocycles. The molecule has 3 N–H and O–H groups in total. The first kappa shape index (κ1) is 28.4. The van der Waals surface area contributed by atoms with E-state index in [2.05, 4.69) is 24.5 Å². The van der Waals surface area contributed by atoms with Gasteiger partial charge < -0.3 is 30.0 Å². The summed E-state index contributed by atoms with van der Waals surface area (Å²) in [5, 5.41) is 17.2. The Hall–Kier alpha value is -2.16. The molecule has 3 aliphatic carbocycles. The van der Waals surface area contributed by atoms with Crippen molar-refractivity contribution in [2.75, 3.05) is 20.3 Å². The molecule has 7 unspecified atom stereocenters. The first-order valence-electron chi connectivity index (χ1n) is 14.9. The number of methoxy groups -OCH3 is 1. The molecular weight excluding hydrogens is 496 g/mol. The lowest BCUT2D eigenvalue weighted by atomic mass is 9.46. The Labute approximate surface area is 232 Å². The number of ether oxygens (including phenoxy) is 3. The molecule has 216 valence electrons. The molecule has 1 heterocycles. The van der Waals surface area contributed by atoms with Crippen LogP contribution >= 0.6 is 0 Å². The number of carbonyl (C=O) groups excluding carboxylic acids is 2. The van der Waals surface area contributed by atoms with Crippen molar-refractivity contribution in [3.63, 3.8) is 0 Å². The average molecular weight is 543 g/mol. The summed E-state index contributed by atoms with van der Waals surface area (Å²) in [4.78, 5) is 25.6. The van der Waals surface area contributed by atoms with E-state index in [1.807, 2.05) is 24.3 Å². The molecule has 39 heavy (non-hydrogen) atoms. The number of aliphatic hydroxyl groups excluding tert-OH is 1. The van der Waals surface area contributed by atoms with Gasteiger partial charge in [0.15, 0.2) is 6.29 Å². The lowest BCUT2D eigenvalue weighted by Gasteiger charge is -2.63. The summed E-state index contributed by atoms with van der Waals surface area (Å²) in [6, 6.07) is 7.68. The predicted molar refractivity (Wildman–Crippen MR) is 147 cm³/mol. The molecule has 0 spiro atoms. The number of para-hydroxylation sites is 1. The number of aliphatic hydroxyl groups is 1. The van der Waals surface area contributed by atoms with Crippen LogP contribution in [0.2, 0.25) is 0 Å². The smallest absolute Gasteiger partial charge is 0.223 e. The van der Waals surface area contributed by atoms with Crippen LogP contribution in [0.15, 0.2) is 24.3 Å². The molecule has 1 aliphatic heterocycles. The fourth-order valence-corrected chi connectivity index (χ4v) is 8.22. The van der Waals surface area contributed by atoms with Crippen LogP contribution < -0.4 is 15.4 Å². The number of fused-ring (bicyclic) bond motifs is 3. The van der Waals surface area contributed by atoms with E-state index in [9.17, 15) is 14.7 Å². The van der Waals surface area contributed by atoms with Crippen molar-refractivity contribution in [1.82, 2.24) is 10.6 Å². The van der Waals surface area contributed by atoms with Gasteiger partial charge in [-0.3, -0.25) is 9.59 Å². The van der Waals surface area contributed by atoms with Crippen LogP contribution in [0.1, 0.15) is 77.2 Å². The highest BCUT2D eigenvalue weighted by molar-refractivity contribution is 5.78. The Morgan fingerprint density at radius 1 is 1.05 bits per heavy atom. The zero-order chi connectivity index (χ0) is 27.6. The fraction of sp³-hybridized carbons (Fsp3) is 0.742. The molecule has 1 saturated heterocycles. The minimum atomic E-state index is -0.507. The second-order valence-electron chi connectivity index (χ2n) is 12.7. The number of amides is 2. The van der Waals surface area contributed by atoms with Gasteiger partial charge >= 0.3 is 0 Å². The van der Waals surface area contributed by atoms with Crippen molar-refractivity contribution < 1.29 is 28.9 Å². The largest absolute Gasteiger partial charge is 0.496 e. The van der Waals surface area contributed by atoms with E-state index in [4.69, 9.17) is 14.2 Å². The van der Waals surface area contributed by atoms with Crippen molar-refractivity contribution in [1.29, 1.82) is 0 Å². The number of rotatable bonds is 8. The zero-order valence-electron chi connectivity index (χ0n) is 23.7. The molecule has 0 bridgehead atoms. The number of carbonyl (C=O) groups is 2. The molecule has 1 aromatic carbocycles. The molecule has 0 radical (unpaired) electrons. The minimum Gasteiger partial charge on any atom is -0.496 e. The number of benzene rings is 1. The van der Waals surface area contributed by atoms with E-state index in [1.165, 1.54) is 0 Å². The molecule has 1 aromatic rings. The summed E-state index contributed by atoms with van der Waals surface area (Å²) in [6.07, 6.45) is 6.92. The molecule has 7 atom stereocenters. The third kappa shape index (κ3) is 5.70. The molecule has 2 amide bonds. The Morgan fingerprint density at radius 2 is 1.82 bits per heavy atom. The Balaban J connectivity index is 1.20. The predicted octanol–water partition coefficient (Wildman–Crippen LogP) is 3.94. The van der Waals surface area contributed by atoms with Gasteiger partial charge in [0.1, 0.15) is 5.75 Å². The maximum Gasteiger partial charge on any atom is 0.223 e. The van der Waals surface area contributed by atoms with E-state index >= 15 is 0 Å². The quantitative estimate of drug-likeness (QED) is 0.460. The third-order valence-corrected chi connectivity index (χ3v) is 10.5. The van der Waals surface area contributed by atoms with Crippen LogP contribution in [-0.2, 0) is 25.6 Å². The third-order valence-electron chi connectivity index (χ3n) is 10.5. The van der Waals surface area contributed by atoms with Crippen LogP contribution in [0.25, 0.3) is 0 Å². The lowest BCUT2D eigenvalue weighted by Crippen LogP contribution is -2.63. The monoisotopic (exact) mass is 542 g/mol. The summed E-state index contributed by atoms with van der Waals surface area (Å²) in [7, 11) is 1.63. The average Bonchev–Trinajstić information content (AvgIpc) is 3.48. The number of hydrogen-bond acceptors (Lipinski definition) is 6. The maximum atomic E-state index is 13.1. The molecule has 4 aliphatic rings. The second-order valence-corrected chi connectivity index (χ2v) is 12.7. The van der Waals surface area contributed by atoms with Gasteiger partial charge in [0.25, 0.3) is 0 Å². The van der Waals surface area contributed by atoms with E-state index in [1.54, 1.807) is 7.11 Å². The number of nitrogens with one attached hydrogen (secondary N) is 2. The van der Waals surface area contributed by atoms with Gasteiger partial charge in [-0.25, -0.2) is 0 Å². The van der Waals surface area contributed by atoms with Crippen molar-refractivity contribution in [3.05, 3.63) is 29.8 Å². The van der Waals surface area contributed by atoms with Crippen molar-refractivity contribution in [3.8, 4) is 5.75 Å². The van der Waals surface area contributed by atoms with E-state index in [0.29, 0.717) is 32.5 Å². The molecule has 8 heteroatoms. The maximum absolute atomic E-state index is 13.1. The van der Waals surface area contributed by atoms with Gasteiger partial charge in [-0.15, -0.1) is 0 Å². The summed E-state index contributed by atoms with van der Waals surface area (Å²) in [6.45, 7) is 5.85. The Kier molecular flexibility index (Phi) is 8.55. The number of hydrogen-bond donors (Lipinski definition) is 3. The summed E-state index contributed by atoms with van der Waals surface area (Å²) in [5.74, 6) is 1.10. The Morgan fingerprint density at radius 3 is 2.59 bits per heavy atom. The molecule has 4 fully saturated rings. The van der Waals surface area contributed by atoms with E-state index in [0.717, 1.165) is 56.3 Å². The summed E-state index contributed by atoms with van der Waals surface area (Å²) >= 11 is 0. The van der Waals surface area contributed by atoms with Crippen molar-refractivity contribution in [2.24, 2.45) is 28.6 Å². The Bertz CT molecular complexity index is 1030. The summed E-state index contributed by atoms with van der Waals surface area (Å²) in [5.41, 5.74) is 0.534. The molecular formula is C31H46N2O6. The summed E-state index contributed by atoms with van der Waals surface area (Å²) < 4.78 is 18.1. The highest BCUT2D eigenvalue weighted by Crippen LogP contribution is 2.62. The van der Waals surface area contributed by atoms with Crippen LogP contribution in [0, 0.1) is 28.6 Å². The topological polar surface area (TPSA) is 106 Å². The van der Waals surface area contributed by atoms with Gasteiger partial charge in [0.2, 0.25) is 11.8 Å². The molecule has 5 rings (SSSR count).